The van der Waals surface area contributed by atoms with Crippen LogP contribution in [0.2, 0.25) is 0 Å². The van der Waals surface area contributed by atoms with Crippen LogP contribution in [0, 0.1) is 0 Å². The summed E-state index contributed by atoms with van der Waals surface area (Å²) >= 11 is 0. The number of H-pyrrole nitrogens is 1. The molecule has 1 fully saturated rings. The minimum absolute atomic E-state index is 0.310. The molecule has 1 saturated heterocycles. The van der Waals surface area contributed by atoms with Crippen LogP contribution in [0.25, 0.3) is 11.2 Å². The molecule has 0 aliphatic carbocycles. The first-order chi connectivity index (χ1) is 11.3. The van der Waals surface area contributed by atoms with Gasteiger partial charge in [0.25, 0.3) is 0 Å². The Morgan fingerprint density at radius 3 is 2.61 bits per heavy atom. The maximum absolute atomic E-state index is 9.34. The maximum Gasteiger partial charge on any atom is 0.227 e. The van der Waals surface area contributed by atoms with Crippen LogP contribution < -0.4 is 4.90 Å². The minimum Gasteiger partial charge on any atom is -0.508 e. The number of anilines is 1. The monoisotopic (exact) mass is 310 g/mol. The number of hydrogen-bond donors (Lipinski definition) is 2. The van der Waals surface area contributed by atoms with Gasteiger partial charge < -0.3 is 15.0 Å². The molecule has 2 N–H and O–H groups in total. The molecule has 118 valence electrons. The lowest BCUT2D eigenvalue weighted by Gasteiger charge is -2.34. The van der Waals surface area contributed by atoms with Gasteiger partial charge >= 0.3 is 0 Å². The standard InChI is InChI=1S/C16H18N6O/c23-13-3-1-12(2-4-13)10-21-5-7-22(8-6-21)16-17-9-14-15(20-16)19-11-18-14/h1-4,9,11,23H,5-8,10H2,(H,17,18,19,20). The minimum atomic E-state index is 0.310. The fourth-order valence-corrected chi connectivity index (χ4v) is 2.84. The Bertz CT molecular complexity index is 792. The lowest BCUT2D eigenvalue weighted by molar-refractivity contribution is 0.248. The number of aromatic nitrogens is 4. The molecule has 3 heterocycles. The van der Waals surface area contributed by atoms with Crippen LogP contribution >= 0.6 is 0 Å². The number of hydrogen-bond acceptors (Lipinski definition) is 6. The van der Waals surface area contributed by atoms with Crippen LogP contribution in [0.1, 0.15) is 5.56 Å². The Morgan fingerprint density at radius 1 is 1.04 bits per heavy atom. The molecule has 0 bridgehead atoms. The summed E-state index contributed by atoms with van der Waals surface area (Å²) < 4.78 is 0. The average Bonchev–Trinajstić information content (AvgIpc) is 3.05. The summed E-state index contributed by atoms with van der Waals surface area (Å²) in [5.41, 5.74) is 2.78. The zero-order valence-electron chi connectivity index (χ0n) is 12.7. The molecule has 1 aromatic carbocycles. The van der Waals surface area contributed by atoms with Gasteiger partial charge in [-0.1, -0.05) is 12.1 Å². The number of aromatic amines is 1. The van der Waals surface area contributed by atoms with E-state index in [1.807, 2.05) is 12.1 Å². The van der Waals surface area contributed by atoms with Crippen molar-refractivity contribution in [1.29, 1.82) is 0 Å². The quantitative estimate of drug-likeness (QED) is 0.761. The van der Waals surface area contributed by atoms with E-state index in [1.165, 1.54) is 5.56 Å². The van der Waals surface area contributed by atoms with Crippen molar-refractivity contribution >= 4 is 17.1 Å². The maximum atomic E-state index is 9.34. The second-order valence-electron chi connectivity index (χ2n) is 5.74. The van der Waals surface area contributed by atoms with E-state index in [1.54, 1.807) is 24.7 Å². The van der Waals surface area contributed by atoms with E-state index in [0.29, 0.717) is 11.4 Å². The van der Waals surface area contributed by atoms with Crippen molar-refractivity contribution in [3.05, 3.63) is 42.4 Å². The van der Waals surface area contributed by atoms with Gasteiger partial charge in [0.2, 0.25) is 5.95 Å². The van der Waals surface area contributed by atoms with E-state index in [9.17, 15) is 5.11 Å². The van der Waals surface area contributed by atoms with Crippen LogP contribution in [0.15, 0.2) is 36.8 Å². The number of piperazine rings is 1. The number of aromatic hydroxyl groups is 1. The second kappa shape index (κ2) is 5.85. The molecule has 0 saturated carbocycles. The summed E-state index contributed by atoms with van der Waals surface area (Å²) in [4.78, 5) is 20.7. The number of nitrogens with zero attached hydrogens (tertiary/aromatic N) is 5. The van der Waals surface area contributed by atoms with Crippen molar-refractivity contribution in [3.63, 3.8) is 0 Å². The van der Waals surface area contributed by atoms with E-state index >= 15 is 0 Å². The van der Waals surface area contributed by atoms with E-state index in [-0.39, 0.29) is 0 Å². The zero-order valence-corrected chi connectivity index (χ0v) is 12.7. The van der Waals surface area contributed by atoms with E-state index < -0.39 is 0 Å². The van der Waals surface area contributed by atoms with Crippen molar-refractivity contribution in [1.82, 2.24) is 24.8 Å². The normalized spacial score (nSPS) is 16.1. The van der Waals surface area contributed by atoms with Crippen LogP contribution in [-0.2, 0) is 6.54 Å². The fourth-order valence-electron chi connectivity index (χ4n) is 2.84. The Morgan fingerprint density at radius 2 is 1.83 bits per heavy atom. The van der Waals surface area contributed by atoms with Crippen molar-refractivity contribution in [2.24, 2.45) is 0 Å². The lowest BCUT2D eigenvalue weighted by Crippen LogP contribution is -2.46. The molecule has 4 rings (SSSR count). The van der Waals surface area contributed by atoms with Gasteiger partial charge in [-0.25, -0.2) is 9.97 Å². The first-order valence-corrected chi connectivity index (χ1v) is 7.69. The highest BCUT2D eigenvalue weighted by Crippen LogP contribution is 2.16. The molecular weight excluding hydrogens is 292 g/mol. The number of phenolic OH excluding ortho intramolecular Hbond substituents is 1. The van der Waals surface area contributed by atoms with Gasteiger partial charge in [-0.05, 0) is 17.7 Å². The van der Waals surface area contributed by atoms with Crippen LogP contribution in [0.3, 0.4) is 0 Å². The Kier molecular flexibility index (Phi) is 3.55. The topological polar surface area (TPSA) is 81.2 Å². The molecule has 2 aromatic heterocycles. The van der Waals surface area contributed by atoms with Crippen LogP contribution in [0.4, 0.5) is 5.95 Å². The van der Waals surface area contributed by atoms with Crippen molar-refractivity contribution in [2.45, 2.75) is 6.54 Å². The Labute approximate surface area is 133 Å². The number of nitrogens with one attached hydrogen (secondary N) is 1. The van der Waals surface area contributed by atoms with E-state index in [0.717, 1.165) is 44.2 Å². The molecule has 23 heavy (non-hydrogen) atoms. The van der Waals surface area contributed by atoms with Crippen LogP contribution in [0.5, 0.6) is 5.75 Å². The number of imidazole rings is 1. The van der Waals surface area contributed by atoms with Gasteiger partial charge in [0.05, 0.1) is 12.5 Å². The third-order valence-electron chi connectivity index (χ3n) is 4.16. The molecule has 7 nitrogen and oxygen atoms in total. The molecule has 1 aliphatic rings. The first kappa shape index (κ1) is 14.0. The molecular formula is C16H18N6O. The van der Waals surface area contributed by atoms with E-state index in [4.69, 9.17) is 0 Å². The number of phenols is 1. The summed E-state index contributed by atoms with van der Waals surface area (Å²) in [5, 5.41) is 9.34. The molecule has 0 atom stereocenters. The van der Waals surface area contributed by atoms with Gasteiger partial charge in [-0.15, -0.1) is 0 Å². The highest BCUT2D eigenvalue weighted by Gasteiger charge is 2.19. The highest BCUT2D eigenvalue weighted by molar-refractivity contribution is 5.69. The zero-order chi connectivity index (χ0) is 15.6. The van der Waals surface area contributed by atoms with Crippen molar-refractivity contribution < 1.29 is 5.11 Å². The van der Waals surface area contributed by atoms with Crippen molar-refractivity contribution in [3.8, 4) is 5.75 Å². The largest absolute Gasteiger partial charge is 0.508 e. The van der Waals surface area contributed by atoms with E-state index in [2.05, 4.69) is 29.7 Å². The summed E-state index contributed by atoms with van der Waals surface area (Å²) in [6.07, 6.45) is 3.42. The smallest absolute Gasteiger partial charge is 0.227 e. The highest BCUT2D eigenvalue weighted by atomic mass is 16.3. The molecule has 0 amide bonds. The molecule has 0 spiro atoms. The third-order valence-corrected chi connectivity index (χ3v) is 4.16. The van der Waals surface area contributed by atoms with Crippen LogP contribution in [-0.4, -0.2) is 56.1 Å². The van der Waals surface area contributed by atoms with Gasteiger partial charge in [-0.3, -0.25) is 4.90 Å². The van der Waals surface area contributed by atoms with Crippen molar-refractivity contribution in [2.75, 3.05) is 31.1 Å². The second-order valence-corrected chi connectivity index (χ2v) is 5.74. The third kappa shape index (κ3) is 2.95. The number of rotatable bonds is 3. The van der Waals surface area contributed by atoms with Gasteiger partial charge in [0, 0.05) is 32.7 Å². The number of fused-ring (bicyclic) bond motifs is 1. The SMILES string of the molecule is Oc1ccc(CN2CCN(c3ncc4[nH]cnc4n3)CC2)cc1. The summed E-state index contributed by atoms with van der Waals surface area (Å²) in [7, 11) is 0. The first-order valence-electron chi connectivity index (χ1n) is 7.69. The predicted octanol–water partition coefficient (Wildman–Crippen LogP) is 1.38. The Hall–Kier alpha value is -2.67. The molecule has 7 heteroatoms. The summed E-state index contributed by atoms with van der Waals surface area (Å²) in [6, 6.07) is 7.41. The number of benzene rings is 1. The van der Waals surface area contributed by atoms with Gasteiger partial charge in [0.15, 0.2) is 5.65 Å². The fraction of sp³-hybridized carbons (Fsp3) is 0.312. The molecule has 3 aromatic rings. The Balaban J connectivity index is 1.39. The molecule has 1 aliphatic heterocycles. The lowest BCUT2D eigenvalue weighted by atomic mass is 10.2. The predicted molar refractivity (Wildman–Crippen MR) is 87.3 cm³/mol. The van der Waals surface area contributed by atoms with Gasteiger partial charge in [-0.2, -0.15) is 4.98 Å². The molecule has 0 radical (unpaired) electrons. The average molecular weight is 310 g/mol. The summed E-state index contributed by atoms with van der Waals surface area (Å²) in [6.45, 7) is 4.61. The molecule has 0 unspecified atom stereocenters. The van der Waals surface area contributed by atoms with Gasteiger partial charge in [0.1, 0.15) is 11.3 Å². The summed E-state index contributed by atoms with van der Waals surface area (Å²) in [5.74, 6) is 1.05.